The highest BCUT2D eigenvalue weighted by Gasteiger charge is 2.24. The lowest BCUT2D eigenvalue weighted by Gasteiger charge is -2.27. The van der Waals surface area contributed by atoms with E-state index in [-0.39, 0.29) is 18.5 Å². The molecule has 0 aliphatic carbocycles. The quantitative estimate of drug-likeness (QED) is 0.368. The first-order valence-electron chi connectivity index (χ1n) is 8.41. The molecule has 25 heavy (non-hydrogen) atoms. The van der Waals surface area contributed by atoms with E-state index in [1.807, 2.05) is 13.8 Å². The van der Waals surface area contributed by atoms with Crippen molar-refractivity contribution in [1.29, 1.82) is 0 Å². The average Bonchev–Trinajstić information content (AvgIpc) is 2.41. The van der Waals surface area contributed by atoms with Crippen molar-refractivity contribution in [2.45, 2.75) is 65.1 Å². The number of rotatable bonds is 10. The summed E-state index contributed by atoms with van der Waals surface area (Å²) in [5.41, 5.74) is 4.36. The smallest absolute Gasteiger partial charge is 0.407 e. The Morgan fingerprint density at radius 3 is 2.24 bits per heavy atom. The number of nitrogens with one attached hydrogen (secondary N) is 3. The Hall–Kier alpha value is -2.03. The van der Waals surface area contributed by atoms with Crippen molar-refractivity contribution in [2.75, 3.05) is 13.1 Å². The minimum atomic E-state index is -0.987. The van der Waals surface area contributed by atoms with E-state index in [1.165, 1.54) is 0 Å². The second-order valence-electron chi connectivity index (χ2n) is 7.23. The van der Waals surface area contributed by atoms with Gasteiger partial charge in [-0.1, -0.05) is 13.8 Å². The van der Waals surface area contributed by atoms with Gasteiger partial charge in [0, 0.05) is 19.1 Å². The molecule has 0 rings (SSSR count). The fraction of sp³-hybridized carbons (Fsp3) is 0.812. The lowest BCUT2D eigenvalue weighted by molar-refractivity contribution is -0.139. The number of primary amides is 1. The normalized spacial score (nSPS) is 13.8. The minimum Gasteiger partial charge on any atom is -0.480 e. The Morgan fingerprint density at radius 1 is 1.20 bits per heavy atom. The van der Waals surface area contributed by atoms with Crippen LogP contribution in [-0.4, -0.2) is 54.0 Å². The van der Waals surface area contributed by atoms with Gasteiger partial charge in [-0.2, -0.15) is 0 Å². The van der Waals surface area contributed by atoms with Crippen LogP contribution < -0.4 is 21.7 Å². The summed E-state index contributed by atoms with van der Waals surface area (Å²) in [5, 5.41) is 17.4. The number of hydrogen-bond acceptors (Lipinski definition) is 5. The fourth-order valence-electron chi connectivity index (χ4n) is 2.01. The fourth-order valence-corrected chi connectivity index (χ4v) is 2.01. The molecular formula is C16H32N4O5. The number of carbonyl (C=O) groups excluding carboxylic acids is 2. The van der Waals surface area contributed by atoms with Crippen LogP contribution in [0.3, 0.4) is 0 Å². The van der Waals surface area contributed by atoms with E-state index >= 15 is 0 Å². The summed E-state index contributed by atoms with van der Waals surface area (Å²) in [7, 11) is 0. The summed E-state index contributed by atoms with van der Waals surface area (Å²) in [5.74, 6) is -0.898. The first-order valence-corrected chi connectivity index (χ1v) is 8.41. The molecule has 146 valence electrons. The highest BCUT2D eigenvalue weighted by atomic mass is 16.6. The Balaban J connectivity index is 4.50. The van der Waals surface area contributed by atoms with Crippen LogP contribution in [0.5, 0.6) is 0 Å². The predicted molar refractivity (Wildman–Crippen MR) is 94.2 cm³/mol. The monoisotopic (exact) mass is 360 g/mol. The molecule has 3 amide bonds. The van der Waals surface area contributed by atoms with E-state index in [4.69, 9.17) is 10.5 Å². The molecule has 0 aromatic heterocycles. The van der Waals surface area contributed by atoms with Crippen molar-refractivity contribution >= 4 is 18.1 Å². The van der Waals surface area contributed by atoms with Crippen molar-refractivity contribution in [1.82, 2.24) is 16.0 Å². The number of amides is 3. The average molecular weight is 360 g/mol. The molecule has 0 saturated heterocycles. The molecule has 0 spiro atoms. The molecule has 0 bridgehead atoms. The maximum Gasteiger partial charge on any atom is 0.407 e. The van der Waals surface area contributed by atoms with Gasteiger partial charge in [-0.15, -0.1) is 0 Å². The van der Waals surface area contributed by atoms with Crippen molar-refractivity contribution in [3.8, 4) is 0 Å². The molecule has 2 atom stereocenters. The van der Waals surface area contributed by atoms with Gasteiger partial charge in [0.05, 0.1) is 0 Å². The maximum atomic E-state index is 11.9. The van der Waals surface area contributed by atoms with Crippen LogP contribution in [0.1, 0.15) is 47.5 Å². The summed E-state index contributed by atoms with van der Waals surface area (Å²) in [4.78, 5) is 33.8. The summed E-state index contributed by atoms with van der Waals surface area (Å²) in [6.07, 6.45) is 0.261. The number of aliphatic carboxylic acids is 1. The Kier molecular flexibility index (Phi) is 9.88. The van der Waals surface area contributed by atoms with Gasteiger partial charge < -0.3 is 31.5 Å². The van der Waals surface area contributed by atoms with Crippen LogP contribution in [0.25, 0.3) is 0 Å². The minimum absolute atomic E-state index is 0.0889. The van der Waals surface area contributed by atoms with E-state index in [1.54, 1.807) is 20.8 Å². The first kappa shape index (κ1) is 23.0. The van der Waals surface area contributed by atoms with E-state index < -0.39 is 29.7 Å². The third kappa shape index (κ3) is 12.0. The van der Waals surface area contributed by atoms with Gasteiger partial charge >= 0.3 is 18.1 Å². The largest absolute Gasteiger partial charge is 0.480 e. The van der Waals surface area contributed by atoms with Crippen LogP contribution in [-0.2, 0) is 9.53 Å². The SMILES string of the molecule is CC(C)C(CNC(CCCNC(N)=O)C(=O)O)NC(=O)OC(C)(C)C. The number of hydrogen-bond donors (Lipinski definition) is 5. The molecule has 0 aliphatic rings. The maximum absolute atomic E-state index is 11.9. The zero-order chi connectivity index (χ0) is 19.6. The summed E-state index contributed by atoms with van der Waals surface area (Å²) in [6.45, 7) is 9.77. The lowest BCUT2D eigenvalue weighted by atomic mass is 10.0. The number of carboxylic acids is 1. The van der Waals surface area contributed by atoms with Crippen molar-refractivity contribution in [2.24, 2.45) is 11.7 Å². The number of nitrogens with two attached hydrogens (primary N) is 1. The Bertz CT molecular complexity index is 448. The number of alkyl carbamates (subject to hydrolysis) is 1. The van der Waals surface area contributed by atoms with E-state index in [2.05, 4.69) is 16.0 Å². The van der Waals surface area contributed by atoms with Crippen LogP contribution >= 0.6 is 0 Å². The molecule has 2 unspecified atom stereocenters. The zero-order valence-corrected chi connectivity index (χ0v) is 15.7. The molecule has 0 aliphatic heterocycles. The zero-order valence-electron chi connectivity index (χ0n) is 15.7. The van der Waals surface area contributed by atoms with Crippen LogP contribution in [0.4, 0.5) is 9.59 Å². The van der Waals surface area contributed by atoms with Gasteiger partial charge in [0.1, 0.15) is 11.6 Å². The molecule has 0 heterocycles. The summed E-state index contributed by atoms with van der Waals surface area (Å²) in [6, 6.07) is -1.70. The van der Waals surface area contributed by atoms with Gasteiger partial charge in [0.2, 0.25) is 0 Å². The lowest BCUT2D eigenvalue weighted by Crippen LogP contribution is -2.50. The standard InChI is InChI=1S/C16H32N4O5/c1-10(2)12(20-15(24)25-16(3,4)5)9-19-11(13(21)22)7-6-8-18-14(17)23/h10-12,19H,6-9H2,1-5H3,(H,20,24)(H,21,22)(H3,17,18,23). The number of carboxylic acid groups (broad SMARTS) is 1. The molecule has 0 aromatic carbocycles. The highest BCUT2D eigenvalue weighted by molar-refractivity contribution is 5.73. The molecule has 9 nitrogen and oxygen atoms in total. The van der Waals surface area contributed by atoms with Gasteiger partial charge in [-0.05, 0) is 39.5 Å². The predicted octanol–water partition coefficient (Wildman–Crippen LogP) is 1.03. The van der Waals surface area contributed by atoms with E-state index in [0.717, 1.165) is 0 Å². The van der Waals surface area contributed by atoms with Gasteiger partial charge in [0.15, 0.2) is 0 Å². The van der Waals surface area contributed by atoms with E-state index in [0.29, 0.717) is 19.4 Å². The van der Waals surface area contributed by atoms with Crippen molar-refractivity contribution in [3.05, 3.63) is 0 Å². The Labute approximate surface area is 149 Å². The Morgan fingerprint density at radius 2 is 1.80 bits per heavy atom. The second-order valence-corrected chi connectivity index (χ2v) is 7.23. The second kappa shape index (κ2) is 10.8. The van der Waals surface area contributed by atoms with Crippen LogP contribution in [0, 0.1) is 5.92 Å². The summed E-state index contributed by atoms with van der Waals surface area (Å²) < 4.78 is 5.23. The molecule has 0 radical (unpaired) electrons. The molecule has 9 heteroatoms. The summed E-state index contributed by atoms with van der Waals surface area (Å²) >= 11 is 0. The van der Waals surface area contributed by atoms with E-state index in [9.17, 15) is 19.5 Å². The number of ether oxygens (including phenoxy) is 1. The third-order valence-electron chi connectivity index (χ3n) is 3.36. The van der Waals surface area contributed by atoms with Gasteiger partial charge in [-0.25, -0.2) is 9.59 Å². The molecule has 0 aromatic rings. The molecule has 6 N–H and O–H groups in total. The molecule has 0 saturated carbocycles. The number of carbonyl (C=O) groups is 3. The van der Waals surface area contributed by atoms with Gasteiger partial charge in [-0.3, -0.25) is 4.79 Å². The van der Waals surface area contributed by atoms with Crippen LogP contribution in [0.2, 0.25) is 0 Å². The van der Waals surface area contributed by atoms with Crippen molar-refractivity contribution < 1.29 is 24.2 Å². The molecule has 0 fully saturated rings. The highest BCUT2D eigenvalue weighted by Crippen LogP contribution is 2.09. The van der Waals surface area contributed by atoms with Gasteiger partial charge in [0.25, 0.3) is 0 Å². The topological polar surface area (TPSA) is 143 Å². The third-order valence-corrected chi connectivity index (χ3v) is 3.36. The molecular weight excluding hydrogens is 328 g/mol. The van der Waals surface area contributed by atoms with Crippen molar-refractivity contribution in [3.63, 3.8) is 0 Å². The first-order chi connectivity index (χ1) is 11.4. The number of urea groups is 1. The van der Waals surface area contributed by atoms with Crippen LogP contribution in [0.15, 0.2) is 0 Å².